The smallest absolute Gasteiger partial charge is 0.354 e. The Morgan fingerprint density at radius 3 is 2.56 bits per heavy atom. The van der Waals surface area contributed by atoms with E-state index < -0.39 is 23.4 Å². The van der Waals surface area contributed by atoms with Crippen LogP contribution in [0.1, 0.15) is 42.1 Å². The number of fused-ring (bicyclic) bond motifs is 1. The molecule has 1 saturated carbocycles. The summed E-state index contributed by atoms with van der Waals surface area (Å²) in [4.78, 5) is 34.4. The highest BCUT2D eigenvalue weighted by Gasteiger charge is 2.68. The van der Waals surface area contributed by atoms with Gasteiger partial charge >= 0.3 is 6.18 Å². The van der Waals surface area contributed by atoms with E-state index in [1.54, 1.807) is 6.07 Å². The number of halogens is 3. The van der Waals surface area contributed by atoms with Crippen LogP contribution in [0.25, 0.3) is 0 Å². The highest BCUT2D eigenvalue weighted by molar-refractivity contribution is 5.99. The van der Waals surface area contributed by atoms with E-state index in [2.05, 4.69) is 20.6 Å². The number of carbonyl (C=O) groups is 2. The average Bonchev–Trinajstić information content (AvgIpc) is 3.51. The SMILES string of the molecule is CN(C)[C@H](CNC(=O)C[C@H](c1ncccn1)C1(C(F)(F)F)CC1)Cc1ccc2c(c1)CC(=O)N2. The van der Waals surface area contributed by atoms with Crippen molar-refractivity contribution in [1.82, 2.24) is 20.2 Å². The van der Waals surface area contributed by atoms with Gasteiger partial charge in [0.25, 0.3) is 0 Å². The molecule has 182 valence electrons. The van der Waals surface area contributed by atoms with Crippen molar-refractivity contribution in [2.24, 2.45) is 5.41 Å². The Balaban J connectivity index is 1.41. The van der Waals surface area contributed by atoms with Gasteiger partial charge in [-0.3, -0.25) is 9.59 Å². The summed E-state index contributed by atoms with van der Waals surface area (Å²) in [5.74, 6) is -1.55. The van der Waals surface area contributed by atoms with Crippen molar-refractivity contribution in [3.63, 3.8) is 0 Å². The van der Waals surface area contributed by atoms with Crippen LogP contribution in [0.3, 0.4) is 0 Å². The number of likely N-dealkylation sites (N-methyl/N-ethyl adjacent to an activating group) is 1. The molecule has 2 aromatic rings. The molecule has 7 nitrogen and oxygen atoms in total. The summed E-state index contributed by atoms with van der Waals surface area (Å²) in [6.45, 7) is 0.279. The fourth-order valence-corrected chi connectivity index (χ4v) is 4.60. The second-order valence-electron chi connectivity index (χ2n) is 9.36. The molecule has 34 heavy (non-hydrogen) atoms. The Morgan fingerprint density at radius 2 is 1.94 bits per heavy atom. The third kappa shape index (κ3) is 5.06. The van der Waals surface area contributed by atoms with Gasteiger partial charge in [-0.25, -0.2) is 9.97 Å². The van der Waals surface area contributed by atoms with Crippen LogP contribution in [0.15, 0.2) is 36.7 Å². The van der Waals surface area contributed by atoms with Crippen LogP contribution in [-0.2, 0) is 22.4 Å². The normalized spacial score (nSPS) is 18.2. The summed E-state index contributed by atoms with van der Waals surface area (Å²) in [6, 6.07) is 7.26. The number of carbonyl (C=O) groups excluding carboxylic acids is 2. The standard InChI is InChI=1S/C24H28F3N5O2/c1-32(2)17(11-15-4-5-19-16(10-15)12-21(34)31-19)14-30-20(33)13-18(22-28-8-3-9-29-22)23(6-7-23)24(25,26)27/h3-5,8-10,17-18H,6-7,11-14H2,1-2H3,(H,30,33)(H,31,34)/t17-,18+/m0/s1. The van der Waals surface area contributed by atoms with Gasteiger partial charge in [-0.2, -0.15) is 13.2 Å². The summed E-state index contributed by atoms with van der Waals surface area (Å²) in [7, 11) is 3.78. The van der Waals surface area contributed by atoms with Crippen LogP contribution in [-0.4, -0.2) is 59.5 Å². The Kier molecular flexibility index (Phi) is 6.62. The van der Waals surface area contributed by atoms with Gasteiger partial charge in [-0.15, -0.1) is 0 Å². The Hall–Kier alpha value is -3.01. The number of amides is 2. The van der Waals surface area contributed by atoms with Crippen molar-refractivity contribution in [3.05, 3.63) is 53.6 Å². The van der Waals surface area contributed by atoms with Crippen molar-refractivity contribution in [2.75, 3.05) is 26.0 Å². The molecule has 1 aromatic carbocycles. The van der Waals surface area contributed by atoms with E-state index in [-0.39, 0.29) is 43.6 Å². The van der Waals surface area contributed by atoms with Gasteiger partial charge in [0.1, 0.15) is 5.82 Å². The first-order valence-electron chi connectivity index (χ1n) is 11.3. The van der Waals surface area contributed by atoms with E-state index in [4.69, 9.17) is 0 Å². The minimum atomic E-state index is -4.42. The van der Waals surface area contributed by atoms with Crippen LogP contribution in [0, 0.1) is 5.41 Å². The first-order chi connectivity index (χ1) is 16.1. The van der Waals surface area contributed by atoms with Gasteiger partial charge < -0.3 is 15.5 Å². The topological polar surface area (TPSA) is 87.2 Å². The van der Waals surface area contributed by atoms with E-state index in [0.29, 0.717) is 12.8 Å². The summed E-state index contributed by atoms with van der Waals surface area (Å²) in [5, 5.41) is 5.63. The van der Waals surface area contributed by atoms with Gasteiger partial charge in [0, 0.05) is 43.0 Å². The monoisotopic (exact) mass is 475 g/mol. The molecule has 2 heterocycles. The van der Waals surface area contributed by atoms with Crippen LogP contribution < -0.4 is 10.6 Å². The maximum atomic E-state index is 13.8. The van der Waals surface area contributed by atoms with Crippen molar-refractivity contribution < 1.29 is 22.8 Å². The number of hydrogen-bond acceptors (Lipinski definition) is 5. The highest BCUT2D eigenvalue weighted by Crippen LogP contribution is 2.65. The molecule has 2 N–H and O–H groups in total. The first kappa shape index (κ1) is 24.1. The number of aromatic nitrogens is 2. The number of alkyl halides is 3. The number of rotatable bonds is 9. The van der Waals surface area contributed by atoms with Gasteiger partial charge in [-0.05, 0) is 56.6 Å². The van der Waals surface area contributed by atoms with Crippen molar-refractivity contribution >= 4 is 17.5 Å². The number of benzene rings is 1. The van der Waals surface area contributed by atoms with E-state index >= 15 is 0 Å². The molecule has 0 radical (unpaired) electrons. The molecular formula is C24H28F3N5O2. The van der Waals surface area contributed by atoms with E-state index in [1.165, 1.54) is 12.4 Å². The number of hydrogen-bond donors (Lipinski definition) is 2. The number of anilines is 1. The second kappa shape index (κ2) is 9.32. The molecule has 0 spiro atoms. The first-order valence-corrected chi connectivity index (χ1v) is 11.3. The fraction of sp³-hybridized carbons (Fsp3) is 0.500. The molecule has 0 saturated heterocycles. The molecule has 4 rings (SSSR count). The zero-order chi connectivity index (χ0) is 24.5. The van der Waals surface area contributed by atoms with E-state index in [9.17, 15) is 22.8 Å². The predicted octanol–water partition coefficient (Wildman–Crippen LogP) is 3.08. The molecule has 1 aromatic heterocycles. The Morgan fingerprint density at radius 1 is 1.24 bits per heavy atom. The molecule has 10 heteroatoms. The Bertz CT molecular complexity index is 1050. The van der Waals surface area contributed by atoms with Gasteiger partial charge in [-0.1, -0.05) is 12.1 Å². The largest absolute Gasteiger partial charge is 0.395 e. The van der Waals surface area contributed by atoms with Crippen molar-refractivity contribution in [1.29, 1.82) is 0 Å². The van der Waals surface area contributed by atoms with E-state index in [1.807, 2.05) is 37.2 Å². The fourth-order valence-electron chi connectivity index (χ4n) is 4.60. The zero-order valence-corrected chi connectivity index (χ0v) is 19.2. The van der Waals surface area contributed by atoms with Crippen molar-refractivity contribution in [3.8, 4) is 0 Å². The number of nitrogens with zero attached hydrogens (tertiary/aromatic N) is 3. The maximum Gasteiger partial charge on any atom is 0.395 e. The van der Waals surface area contributed by atoms with Gasteiger partial charge in [0.2, 0.25) is 11.8 Å². The summed E-state index contributed by atoms with van der Waals surface area (Å²) < 4.78 is 41.5. The highest BCUT2D eigenvalue weighted by atomic mass is 19.4. The van der Waals surface area contributed by atoms with E-state index in [0.717, 1.165) is 16.8 Å². The summed E-state index contributed by atoms with van der Waals surface area (Å²) >= 11 is 0. The second-order valence-corrected chi connectivity index (χ2v) is 9.36. The van der Waals surface area contributed by atoms with Gasteiger partial charge in [0.15, 0.2) is 0 Å². The average molecular weight is 476 g/mol. The molecule has 1 aliphatic carbocycles. The molecule has 2 amide bonds. The van der Waals surface area contributed by atoms with Crippen LogP contribution in [0.5, 0.6) is 0 Å². The lowest BCUT2D eigenvalue weighted by molar-refractivity contribution is -0.195. The zero-order valence-electron chi connectivity index (χ0n) is 19.2. The lowest BCUT2D eigenvalue weighted by Gasteiger charge is -2.28. The molecule has 2 aliphatic rings. The Labute approximate surface area is 196 Å². The third-order valence-electron chi connectivity index (χ3n) is 6.84. The van der Waals surface area contributed by atoms with Crippen LogP contribution in [0.2, 0.25) is 0 Å². The van der Waals surface area contributed by atoms with Crippen LogP contribution >= 0.6 is 0 Å². The summed E-state index contributed by atoms with van der Waals surface area (Å²) in [6.07, 6.45) is -1.03. The minimum absolute atomic E-state index is 0.0251. The minimum Gasteiger partial charge on any atom is -0.354 e. The molecule has 0 unspecified atom stereocenters. The lowest BCUT2D eigenvalue weighted by Crippen LogP contribution is -2.43. The molecule has 0 bridgehead atoms. The lowest BCUT2D eigenvalue weighted by atomic mass is 9.84. The quantitative estimate of drug-likeness (QED) is 0.582. The number of nitrogens with one attached hydrogen (secondary N) is 2. The van der Waals surface area contributed by atoms with Crippen molar-refractivity contribution in [2.45, 2.75) is 50.2 Å². The van der Waals surface area contributed by atoms with Crippen LogP contribution in [0.4, 0.5) is 18.9 Å². The molecule has 2 atom stereocenters. The maximum absolute atomic E-state index is 13.8. The predicted molar refractivity (Wildman–Crippen MR) is 120 cm³/mol. The van der Waals surface area contributed by atoms with Gasteiger partial charge in [0.05, 0.1) is 11.8 Å². The third-order valence-corrected chi connectivity index (χ3v) is 6.84. The molecule has 1 fully saturated rings. The molecule has 1 aliphatic heterocycles. The summed E-state index contributed by atoms with van der Waals surface area (Å²) in [5.41, 5.74) is 0.836. The molecular weight excluding hydrogens is 447 g/mol.